The molecule has 15 heavy (non-hydrogen) atoms. The van der Waals surface area contributed by atoms with Crippen LogP contribution in [0.5, 0.6) is 0 Å². The Kier molecular flexibility index (Phi) is 4.17. The molecule has 1 aromatic carbocycles. The molecule has 80 valence electrons. The summed E-state index contributed by atoms with van der Waals surface area (Å²) in [6.45, 7) is 10.6. The van der Waals surface area contributed by atoms with Crippen molar-refractivity contribution in [2.45, 2.75) is 20.8 Å². The van der Waals surface area contributed by atoms with E-state index in [-0.39, 0.29) is 0 Å². The number of allylic oxidation sites excluding steroid dienone is 1. The van der Waals surface area contributed by atoms with Crippen LogP contribution in [0.3, 0.4) is 0 Å². The normalized spacial score (nSPS) is 10.6. The van der Waals surface area contributed by atoms with E-state index in [1.54, 1.807) is 0 Å². The molecule has 0 amide bonds. The maximum Gasteiger partial charge on any atom is 0.112 e. The second-order valence-electron chi connectivity index (χ2n) is 3.58. The van der Waals surface area contributed by atoms with E-state index in [2.05, 4.69) is 38.6 Å². The van der Waals surface area contributed by atoms with E-state index < -0.39 is 0 Å². The second-order valence-corrected chi connectivity index (χ2v) is 3.58. The molecule has 0 aliphatic rings. The fraction of sp³-hybridized carbons (Fsp3) is 0.286. The van der Waals surface area contributed by atoms with Gasteiger partial charge in [-0.3, -0.25) is 0 Å². The third-order valence-corrected chi connectivity index (χ3v) is 2.32. The summed E-state index contributed by atoms with van der Waals surface area (Å²) in [5.74, 6) is 0.704. The van der Waals surface area contributed by atoms with Gasteiger partial charge in [-0.1, -0.05) is 30.9 Å². The predicted octanol–water partition coefficient (Wildman–Crippen LogP) is 3.87. The van der Waals surface area contributed by atoms with Crippen LogP contribution >= 0.6 is 0 Å². The van der Waals surface area contributed by atoms with E-state index in [0.717, 1.165) is 0 Å². The molecule has 0 aliphatic carbocycles. The van der Waals surface area contributed by atoms with Crippen molar-refractivity contribution in [3.63, 3.8) is 0 Å². The van der Waals surface area contributed by atoms with Gasteiger partial charge in [0.05, 0.1) is 6.61 Å². The minimum absolute atomic E-state index is 0.663. The van der Waals surface area contributed by atoms with Crippen LogP contribution in [0, 0.1) is 13.8 Å². The third-order valence-electron chi connectivity index (χ3n) is 2.32. The SMILES string of the molecule is C=C(C=Cc1ccc(C)c(C)c1)OCC. The lowest BCUT2D eigenvalue weighted by Gasteiger charge is -2.02. The van der Waals surface area contributed by atoms with Gasteiger partial charge in [0.15, 0.2) is 0 Å². The van der Waals surface area contributed by atoms with Crippen molar-refractivity contribution in [1.29, 1.82) is 0 Å². The zero-order chi connectivity index (χ0) is 11.3. The summed E-state index contributed by atoms with van der Waals surface area (Å²) in [6, 6.07) is 6.38. The molecule has 0 aromatic heterocycles. The lowest BCUT2D eigenvalue weighted by molar-refractivity contribution is 0.244. The molecular formula is C14H18O. The first kappa shape index (κ1) is 11.6. The molecule has 1 nitrogen and oxygen atoms in total. The number of aryl methyl sites for hydroxylation is 2. The average Bonchev–Trinajstić information content (AvgIpc) is 2.20. The highest BCUT2D eigenvalue weighted by molar-refractivity contribution is 5.53. The van der Waals surface area contributed by atoms with Crippen molar-refractivity contribution in [3.05, 3.63) is 53.3 Å². The Morgan fingerprint density at radius 1 is 1.33 bits per heavy atom. The smallest absolute Gasteiger partial charge is 0.112 e. The van der Waals surface area contributed by atoms with E-state index in [1.165, 1.54) is 16.7 Å². The Balaban J connectivity index is 2.72. The summed E-state index contributed by atoms with van der Waals surface area (Å²) in [6.07, 6.45) is 3.91. The van der Waals surface area contributed by atoms with Gasteiger partial charge in [-0.2, -0.15) is 0 Å². The van der Waals surface area contributed by atoms with Gasteiger partial charge >= 0.3 is 0 Å². The predicted molar refractivity (Wildman–Crippen MR) is 65.7 cm³/mol. The monoisotopic (exact) mass is 202 g/mol. The number of rotatable bonds is 4. The molecule has 0 heterocycles. The average molecular weight is 202 g/mol. The largest absolute Gasteiger partial charge is 0.495 e. The Morgan fingerprint density at radius 3 is 2.67 bits per heavy atom. The first-order valence-electron chi connectivity index (χ1n) is 5.20. The highest BCUT2D eigenvalue weighted by atomic mass is 16.5. The van der Waals surface area contributed by atoms with Gasteiger partial charge in [-0.05, 0) is 43.5 Å². The van der Waals surface area contributed by atoms with Crippen LogP contribution in [-0.2, 0) is 4.74 Å². The highest BCUT2D eigenvalue weighted by Crippen LogP contribution is 2.12. The van der Waals surface area contributed by atoms with Gasteiger partial charge in [0, 0.05) is 0 Å². The third kappa shape index (κ3) is 3.62. The van der Waals surface area contributed by atoms with E-state index in [9.17, 15) is 0 Å². The molecule has 0 saturated heterocycles. The van der Waals surface area contributed by atoms with Crippen LogP contribution in [-0.4, -0.2) is 6.61 Å². The first-order valence-corrected chi connectivity index (χ1v) is 5.20. The summed E-state index contributed by atoms with van der Waals surface area (Å²) >= 11 is 0. The zero-order valence-electron chi connectivity index (χ0n) is 9.71. The molecule has 0 bridgehead atoms. The molecular weight excluding hydrogens is 184 g/mol. The van der Waals surface area contributed by atoms with E-state index in [4.69, 9.17) is 4.74 Å². The summed E-state index contributed by atoms with van der Waals surface area (Å²) < 4.78 is 5.24. The van der Waals surface area contributed by atoms with E-state index >= 15 is 0 Å². The molecule has 0 fully saturated rings. The molecule has 0 spiro atoms. The van der Waals surface area contributed by atoms with Crippen LogP contribution < -0.4 is 0 Å². The van der Waals surface area contributed by atoms with Gasteiger partial charge < -0.3 is 4.74 Å². The first-order chi connectivity index (χ1) is 7.13. The maximum atomic E-state index is 5.24. The minimum atomic E-state index is 0.663. The summed E-state index contributed by atoms with van der Waals surface area (Å²) in [7, 11) is 0. The number of hydrogen-bond acceptors (Lipinski definition) is 1. The van der Waals surface area contributed by atoms with Crippen molar-refractivity contribution < 1.29 is 4.74 Å². The lowest BCUT2D eigenvalue weighted by atomic mass is 10.1. The molecule has 0 saturated carbocycles. The Morgan fingerprint density at radius 2 is 2.07 bits per heavy atom. The number of ether oxygens (including phenoxy) is 1. The summed E-state index contributed by atoms with van der Waals surface area (Å²) in [5, 5.41) is 0. The minimum Gasteiger partial charge on any atom is -0.495 e. The van der Waals surface area contributed by atoms with Gasteiger partial charge in [0.2, 0.25) is 0 Å². The van der Waals surface area contributed by atoms with Gasteiger partial charge in [0.1, 0.15) is 5.76 Å². The highest BCUT2D eigenvalue weighted by Gasteiger charge is 1.93. The van der Waals surface area contributed by atoms with Crippen LogP contribution in [0.1, 0.15) is 23.6 Å². The molecule has 1 heteroatoms. The van der Waals surface area contributed by atoms with Crippen LogP contribution in [0.2, 0.25) is 0 Å². The molecule has 0 N–H and O–H groups in total. The molecule has 0 unspecified atom stereocenters. The number of hydrogen-bond donors (Lipinski definition) is 0. The summed E-state index contributed by atoms with van der Waals surface area (Å²) in [5.41, 5.74) is 3.80. The van der Waals surface area contributed by atoms with E-state index in [0.29, 0.717) is 12.4 Å². The van der Waals surface area contributed by atoms with Gasteiger partial charge in [-0.15, -0.1) is 0 Å². The van der Waals surface area contributed by atoms with Crippen molar-refractivity contribution in [2.75, 3.05) is 6.61 Å². The summed E-state index contributed by atoms with van der Waals surface area (Å²) in [4.78, 5) is 0. The van der Waals surface area contributed by atoms with Crippen LogP contribution in [0.25, 0.3) is 6.08 Å². The van der Waals surface area contributed by atoms with Crippen molar-refractivity contribution >= 4 is 6.08 Å². The molecule has 0 aliphatic heterocycles. The quantitative estimate of drug-likeness (QED) is 0.532. The molecule has 1 rings (SSSR count). The molecule has 0 radical (unpaired) electrons. The fourth-order valence-electron chi connectivity index (χ4n) is 1.29. The zero-order valence-corrected chi connectivity index (χ0v) is 9.71. The lowest BCUT2D eigenvalue weighted by Crippen LogP contribution is -1.85. The molecule has 0 atom stereocenters. The van der Waals surface area contributed by atoms with Crippen LogP contribution in [0.15, 0.2) is 36.6 Å². The Hall–Kier alpha value is -1.50. The topological polar surface area (TPSA) is 9.23 Å². The standard InChI is InChI=1S/C14H18O/c1-5-15-13(4)7-9-14-8-6-11(2)12(3)10-14/h6-10H,4-5H2,1-3H3. The maximum absolute atomic E-state index is 5.24. The van der Waals surface area contributed by atoms with E-state index in [1.807, 2.05) is 19.1 Å². The van der Waals surface area contributed by atoms with Gasteiger partial charge in [0.25, 0.3) is 0 Å². The Labute approximate surface area is 92.1 Å². The molecule has 1 aromatic rings. The fourth-order valence-corrected chi connectivity index (χ4v) is 1.29. The second kappa shape index (κ2) is 5.40. The van der Waals surface area contributed by atoms with Crippen LogP contribution in [0.4, 0.5) is 0 Å². The van der Waals surface area contributed by atoms with Crippen molar-refractivity contribution in [3.8, 4) is 0 Å². The van der Waals surface area contributed by atoms with Crippen molar-refractivity contribution in [2.24, 2.45) is 0 Å². The number of benzene rings is 1. The van der Waals surface area contributed by atoms with Gasteiger partial charge in [-0.25, -0.2) is 0 Å². The Bertz CT molecular complexity index is 375. The van der Waals surface area contributed by atoms with Crippen molar-refractivity contribution in [1.82, 2.24) is 0 Å².